The lowest BCUT2D eigenvalue weighted by molar-refractivity contribution is -0.132. The van der Waals surface area contributed by atoms with Crippen LogP contribution in [0.15, 0.2) is 0 Å². The minimum Gasteiger partial charge on any atom is -0.342 e. The number of nitrogens with two attached hydrogens (primary N) is 1. The highest BCUT2D eigenvalue weighted by Crippen LogP contribution is 2.10. The highest BCUT2D eigenvalue weighted by molar-refractivity contribution is 5.78. The molecule has 2 N–H and O–H groups in total. The maximum atomic E-state index is 12.2. The van der Waals surface area contributed by atoms with E-state index in [1.807, 2.05) is 4.90 Å². The van der Waals surface area contributed by atoms with Crippen molar-refractivity contribution in [3.63, 3.8) is 0 Å². The van der Waals surface area contributed by atoms with Gasteiger partial charge in [0.2, 0.25) is 5.91 Å². The number of rotatable bonds is 6. The first kappa shape index (κ1) is 15.4. The van der Waals surface area contributed by atoms with Crippen LogP contribution in [0.4, 0.5) is 0 Å². The maximum Gasteiger partial charge on any atom is 0.236 e. The zero-order valence-corrected chi connectivity index (χ0v) is 12.0. The van der Waals surface area contributed by atoms with Crippen LogP contribution in [-0.2, 0) is 4.79 Å². The first-order valence-electron chi connectivity index (χ1n) is 7.37. The lowest BCUT2D eigenvalue weighted by Crippen LogP contribution is -2.42. The fourth-order valence-corrected chi connectivity index (χ4v) is 2.43. The predicted molar refractivity (Wildman–Crippen MR) is 75.4 cm³/mol. The number of carbonyl (C=O) groups is 1. The number of likely N-dealkylation sites (tertiary alicyclic amines) is 1. The van der Waals surface area contributed by atoms with E-state index in [1.165, 1.54) is 12.8 Å². The minimum atomic E-state index is 0.294. The van der Waals surface area contributed by atoms with Crippen molar-refractivity contribution < 1.29 is 4.79 Å². The van der Waals surface area contributed by atoms with Crippen LogP contribution in [0.25, 0.3) is 0 Å². The molecule has 0 aromatic carbocycles. The molecule has 0 bridgehead atoms. The van der Waals surface area contributed by atoms with E-state index in [4.69, 9.17) is 5.73 Å². The third kappa shape index (κ3) is 5.36. The van der Waals surface area contributed by atoms with Gasteiger partial charge in [-0.15, -0.1) is 0 Å². The van der Waals surface area contributed by atoms with E-state index < -0.39 is 0 Å². The monoisotopic (exact) mass is 255 g/mol. The summed E-state index contributed by atoms with van der Waals surface area (Å²) >= 11 is 0. The molecule has 1 atom stereocenters. The Hall–Kier alpha value is -0.610. The van der Waals surface area contributed by atoms with Crippen molar-refractivity contribution in [3.05, 3.63) is 0 Å². The van der Waals surface area contributed by atoms with E-state index in [-0.39, 0.29) is 0 Å². The second-order valence-corrected chi connectivity index (χ2v) is 5.46. The molecule has 1 heterocycles. The van der Waals surface area contributed by atoms with Gasteiger partial charge in [0.05, 0.1) is 6.54 Å². The van der Waals surface area contributed by atoms with Crippen molar-refractivity contribution in [2.75, 3.05) is 39.3 Å². The standard InChI is InChI=1S/C14H29N3O/c1-3-16(11-13(2)10-15)12-14(18)17-8-6-4-5-7-9-17/h13H,3-12,15H2,1-2H3. The van der Waals surface area contributed by atoms with Crippen LogP contribution in [0.3, 0.4) is 0 Å². The summed E-state index contributed by atoms with van der Waals surface area (Å²) in [4.78, 5) is 16.5. The molecule has 0 spiro atoms. The van der Waals surface area contributed by atoms with Gasteiger partial charge in [0.15, 0.2) is 0 Å². The van der Waals surface area contributed by atoms with Crippen LogP contribution < -0.4 is 5.73 Å². The summed E-state index contributed by atoms with van der Waals surface area (Å²) in [6.45, 7) is 9.23. The Kier molecular flexibility index (Phi) is 7.28. The molecule has 1 fully saturated rings. The molecule has 0 aromatic rings. The van der Waals surface area contributed by atoms with Gasteiger partial charge in [-0.3, -0.25) is 9.69 Å². The maximum absolute atomic E-state index is 12.2. The molecule has 0 aliphatic carbocycles. The Bertz CT molecular complexity index is 237. The van der Waals surface area contributed by atoms with Crippen molar-refractivity contribution in [1.82, 2.24) is 9.80 Å². The number of amides is 1. The van der Waals surface area contributed by atoms with Gasteiger partial charge in [-0.1, -0.05) is 26.7 Å². The van der Waals surface area contributed by atoms with Crippen molar-refractivity contribution >= 4 is 5.91 Å². The number of likely N-dealkylation sites (N-methyl/N-ethyl adjacent to an activating group) is 1. The van der Waals surface area contributed by atoms with E-state index in [0.717, 1.165) is 39.0 Å². The van der Waals surface area contributed by atoms with Gasteiger partial charge in [-0.25, -0.2) is 0 Å². The van der Waals surface area contributed by atoms with Gasteiger partial charge >= 0.3 is 0 Å². The molecule has 0 saturated carbocycles. The molecule has 1 unspecified atom stereocenters. The van der Waals surface area contributed by atoms with E-state index in [9.17, 15) is 4.79 Å². The number of nitrogens with zero attached hydrogens (tertiary/aromatic N) is 2. The Balaban J connectivity index is 2.39. The van der Waals surface area contributed by atoms with Crippen molar-refractivity contribution in [2.24, 2.45) is 11.7 Å². The average Bonchev–Trinajstić information content (AvgIpc) is 2.66. The van der Waals surface area contributed by atoms with E-state index in [0.29, 0.717) is 24.9 Å². The van der Waals surface area contributed by atoms with E-state index in [1.54, 1.807) is 0 Å². The molecular formula is C14H29N3O. The van der Waals surface area contributed by atoms with Crippen LogP contribution in [0, 0.1) is 5.92 Å². The summed E-state index contributed by atoms with van der Waals surface area (Å²) in [5, 5.41) is 0. The molecule has 1 saturated heterocycles. The first-order chi connectivity index (χ1) is 8.67. The lowest BCUT2D eigenvalue weighted by Gasteiger charge is -2.27. The smallest absolute Gasteiger partial charge is 0.236 e. The number of hydrogen-bond donors (Lipinski definition) is 1. The molecule has 18 heavy (non-hydrogen) atoms. The second kappa shape index (κ2) is 8.48. The normalized spacial score (nSPS) is 18.8. The van der Waals surface area contributed by atoms with E-state index >= 15 is 0 Å². The summed E-state index contributed by atoms with van der Waals surface area (Å²) < 4.78 is 0. The van der Waals surface area contributed by atoms with Crippen molar-refractivity contribution in [2.45, 2.75) is 39.5 Å². The third-order valence-corrected chi connectivity index (χ3v) is 3.74. The fourth-order valence-electron chi connectivity index (χ4n) is 2.43. The largest absolute Gasteiger partial charge is 0.342 e. The fraction of sp³-hybridized carbons (Fsp3) is 0.929. The quantitative estimate of drug-likeness (QED) is 0.778. The molecule has 4 nitrogen and oxygen atoms in total. The average molecular weight is 255 g/mol. The second-order valence-electron chi connectivity index (χ2n) is 5.46. The van der Waals surface area contributed by atoms with Gasteiger partial charge < -0.3 is 10.6 Å². The number of carbonyl (C=O) groups excluding carboxylic acids is 1. The summed E-state index contributed by atoms with van der Waals surface area (Å²) in [5.41, 5.74) is 5.65. The topological polar surface area (TPSA) is 49.6 Å². The molecule has 0 radical (unpaired) electrons. The van der Waals surface area contributed by atoms with Gasteiger partial charge in [0.25, 0.3) is 0 Å². The van der Waals surface area contributed by atoms with Crippen molar-refractivity contribution in [1.29, 1.82) is 0 Å². The van der Waals surface area contributed by atoms with Crippen LogP contribution in [0.5, 0.6) is 0 Å². The Labute approximate surface area is 111 Å². The van der Waals surface area contributed by atoms with E-state index in [2.05, 4.69) is 18.7 Å². The molecule has 106 valence electrons. The van der Waals surface area contributed by atoms with Crippen LogP contribution in [0.1, 0.15) is 39.5 Å². The zero-order valence-electron chi connectivity index (χ0n) is 12.0. The minimum absolute atomic E-state index is 0.294. The SMILES string of the molecule is CCN(CC(=O)N1CCCCCC1)CC(C)CN. The Morgan fingerprint density at radius 1 is 1.28 bits per heavy atom. The molecule has 4 heteroatoms. The van der Waals surface area contributed by atoms with Gasteiger partial charge in [-0.05, 0) is 31.8 Å². The molecule has 1 rings (SSSR count). The number of hydrogen-bond acceptors (Lipinski definition) is 3. The van der Waals surface area contributed by atoms with Gasteiger partial charge in [0.1, 0.15) is 0 Å². The van der Waals surface area contributed by atoms with Crippen molar-refractivity contribution in [3.8, 4) is 0 Å². The first-order valence-corrected chi connectivity index (χ1v) is 7.37. The van der Waals surface area contributed by atoms with Gasteiger partial charge in [-0.2, -0.15) is 0 Å². The Morgan fingerprint density at radius 3 is 2.39 bits per heavy atom. The predicted octanol–water partition coefficient (Wildman–Crippen LogP) is 1.31. The molecule has 1 aliphatic heterocycles. The van der Waals surface area contributed by atoms with Gasteiger partial charge in [0, 0.05) is 19.6 Å². The Morgan fingerprint density at radius 2 is 1.89 bits per heavy atom. The third-order valence-electron chi connectivity index (χ3n) is 3.74. The van der Waals surface area contributed by atoms with Crippen LogP contribution in [0.2, 0.25) is 0 Å². The highest BCUT2D eigenvalue weighted by Gasteiger charge is 2.18. The van der Waals surface area contributed by atoms with Crippen LogP contribution in [-0.4, -0.2) is 55.0 Å². The van der Waals surface area contributed by atoms with Crippen LogP contribution >= 0.6 is 0 Å². The molecule has 0 aromatic heterocycles. The summed E-state index contributed by atoms with van der Waals surface area (Å²) in [6, 6.07) is 0. The molecular weight excluding hydrogens is 226 g/mol. The molecule has 1 aliphatic rings. The lowest BCUT2D eigenvalue weighted by atomic mass is 10.1. The summed E-state index contributed by atoms with van der Waals surface area (Å²) in [6.07, 6.45) is 4.87. The summed E-state index contributed by atoms with van der Waals surface area (Å²) in [7, 11) is 0. The molecule has 1 amide bonds. The zero-order chi connectivity index (χ0) is 13.4. The highest BCUT2D eigenvalue weighted by atomic mass is 16.2. The summed E-state index contributed by atoms with van der Waals surface area (Å²) in [5.74, 6) is 0.754.